The lowest BCUT2D eigenvalue weighted by molar-refractivity contribution is 0.000406. The van der Waals surface area contributed by atoms with E-state index in [1.54, 1.807) is 41.5 Å². The zero-order chi connectivity index (χ0) is 22.9. The molecule has 0 aliphatic carbocycles. The van der Waals surface area contributed by atoms with E-state index in [4.69, 9.17) is 14.2 Å². The molecule has 1 aliphatic heterocycles. The van der Waals surface area contributed by atoms with Crippen LogP contribution < -0.4 is 10.6 Å². The van der Waals surface area contributed by atoms with Crippen LogP contribution in [-0.4, -0.2) is 67.3 Å². The number of ether oxygens (including phenoxy) is 5. The zero-order valence-corrected chi connectivity index (χ0v) is 18.0. The third-order valence-corrected chi connectivity index (χ3v) is 2.96. The smallest absolute Gasteiger partial charge is 0.449 e. The fraction of sp³-hybridized carbons (Fsp3) is 0.722. The molecule has 2 N–H and O–H groups in total. The number of nitrogens with zero attached hydrogens (tertiary/aromatic N) is 1. The number of cyclic esters (lactones) is 2. The van der Waals surface area contributed by atoms with Gasteiger partial charge in [0.25, 0.3) is 0 Å². The summed E-state index contributed by atoms with van der Waals surface area (Å²) in [6.45, 7) is 9.74. The molecule has 0 aromatic heterocycles. The fourth-order valence-electron chi connectivity index (χ4n) is 1.92. The van der Waals surface area contributed by atoms with Crippen molar-refractivity contribution < 1.29 is 42.9 Å². The summed E-state index contributed by atoms with van der Waals surface area (Å²) in [7, 11) is 0. The lowest BCUT2D eigenvalue weighted by Gasteiger charge is -2.22. The highest BCUT2D eigenvalue weighted by atomic mass is 16.7. The van der Waals surface area contributed by atoms with Crippen molar-refractivity contribution >= 4 is 30.3 Å². The molecule has 0 aromatic rings. The number of aliphatic imine (C=N–C) groups is 1. The number of nitrogens with one attached hydrogen (secondary N) is 2. The average Bonchev–Trinajstić information content (AvgIpc) is 2.53. The van der Waals surface area contributed by atoms with Crippen LogP contribution in [0.3, 0.4) is 0 Å². The van der Waals surface area contributed by atoms with Crippen LogP contribution in [0.15, 0.2) is 4.99 Å². The quantitative estimate of drug-likeness (QED) is 0.296. The summed E-state index contributed by atoms with van der Waals surface area (Å²) < 4.78 is 24.5. The SMILES string of the molecule is CC(C)(C)OC(=O)N=C(CCOC(=O)NC1COC(=O)OC1)NC(=O)OC(C)(C)C. The number of amides is 3. The van der Waals surface area contributed by atoms with Gasteiger partial charge < -0.3 is 29.0 Å². The number of hydrogen-bond acceptors (Lipinski definition) is 9. The molecule has 1 fully saturated rings. The maximum absolute atomic E-state index is 12.0. The topological polar surface area (TPSA) is 151 Å². The van der Waals surface area contributed by atoms with E-state index >= 15 is 0 Å². The Hall–Kier alpha value is -3.05. The fourth-order valence-corrected chi connectivity index (χ4v) is 1.92. The Labute approximate surface area is 174 Å². The molecule has 3 amide bonds. The third kappa shape index (κ3) is 11.7. The van der Waals surface area contributed by atoms with Gasteiger partial charge in [-0.1, -0.05) is 0 Å². The Kier molecular flexibility index (Phi) is 8.87. The van der Waals surface area contributed by atoms with E-state index in [9.17, 15) is 19.2 Å². The van der Waals surface area contributed by atoms with Crippen LogP contribution in [0.4, 0.5) is 19.2 Å². The lowest BCUT2D eigenvalue weighted by atomic mass is 10.2. The standard InChI is InChI=1S/C18H29N3O9/c1-17(2,3)29-14(23)20-12(21-15(24)30-18(4,5)6)7-8-26-13(22)19-11-9-27-16(25)28-10-11/h11H,7-10H2,1-6H3,(H,19,22)(H,20,21,23,24). The second kappa shape index (κ2) is 10.6. The van der Waals surface area contributed by atoms with Crippen molar-refractivity contribution in [3.05, 3.63) is 0 Å². The number of amidine groups is 1. The third-order valence-electron chi connectivity index (χ3n) is 2.96. The minimum Gasteiger partial charge on any atom is -0.449 e. The van der Waals surface area contributed by atoms with Crippen molar-refractivity contribution in [1.82, 2.24) is 10.6 Å². The summed E-state index contributed by atoms with van der Waals surface area (Å²) in [5.41, 5.74) is -1.54. The number of carbonyl (C=O) groups is 4. The number of alkyl carbamates (subject to hydrolysis) is 2. The van der Waals surface area contributed by atoms with Gasteiger partial charge in [-0.3, -0.25) is 5.32 Å². The second-order valence-electron chi connectivity index (χ2n) is 8.26. The number of carbonyl (C=O) groups excluding carboxylic acids is 4. The van der Waals surface area contributed by atoms with Crippen LogP contribution in [0.2, 0.25) is 0 Å². The van der Waals surface area contributed by atoms with Gasteiger partial charge in [0, 0.05) is 6.42 Å². The molecule has 30 heavy (non-hydrogen) atoms. The van der Waals surface area contributed by atoms with Gasteiger partial charge in [0.05, 0.1) is 0 Å². The Morgan fingerprint density at radius 3 is 2.10 bits per heavy atom. The first-order valence-corrected chi connectivity index (χ1v) is 9.27. The van der Waals surface area contributed by atoms with E-state index in [-0.39, 0.29) is 32.1 Å². The highest BCUT2D eigenvalue weighted by Gasteiger charge is 2.24. The lowest BCUT2D eigenvalue weighted by Crippen LogP contribution is -2.46. The first-order chi connectivity index (χ1) is 13.7. The van der Waals surface area contributed by atoms with Crippen molar-refractivity contribution in [2.75, 3.05) is 19.8 Å². The predicted octanol–water partition coefficient (Wildman–Crippen LogP) is 2.50. The van der Waals surface area contributed by atoms with Crippen LogP contribution in [0.1, 0.15) is 48.0 Å². The molecule has 12 nitrogen and oxygen atoms in total. The molecule has 0 unspecified atom stereocenters. The van der Waals surface area contributed by atoms with Gasteiger partial charge in [-0.25, -0.2) is 19.2 Å². The Morgan fingerprint density at radius 1 is 1.00 bits per heavy atom. The predicted molar refractivity (Wildman–Crippen MR) is 103 cm³/mol. The van der Waals surface area contributed by atoms with Gasteiger partial charge in [0.1, 0.15) is 42.9 Å². The normalized spacial score (nSPS) is 15.4. The minimum atomic E-state index is -0.917. The van der Waals surface area contributed by atoms with Crippen LogP contribution in [0, 0.1) is 0 Å². The van der Waals surface area contributed by atoms with Crippen molar-refractivity contribution in [2.24, 2.45) is 4.99 Å². The first kappa shape index (κ1) is 25.0. The number of rotatable bonds is 4. The molecule has 1 heterocycles. The van der Waals surface area contributed by atoms with Crippen LogP contribution >= 0.6 is 0 Å². The Morgan fingerprint density at radius 2 is 1.57 bits per heavy atom. The summed E-state index contributed by atoms with van der Waals surface area (Å²) in [5, 5.41) is 4.80. The van der Waals surface area contributed by atoms with Crippen molar-refractivity contribution in [3.63, 3.8) is 0 Å². The maximum Gasteiger partial charge on any atom is 0.508 e. The molecule has 1 aliphatic rings. The Balaban J connectivity index is 2.61. The summed E-state index contributed by atoms with van der Waals surface area (Å²) in [6, 6.07) is -0.551. The van der Waals surface area contributed by atoms with E-state index in [1.165, 1.54) is 0 Å². The van der Waals surface area contributed by atoms with E-state index in [0.29, 0.717) is 0 Å². The minimum absolute atomic E-state index is 0.0422. The first-order valence-electron chi connectivity index (χ1n) is 9.27. The summed E-state index contributed by atoms with van der Waals surface area (Å²) in [6.07, 6.45) is -3.44. The van der Waals surface area contributed by atoms with E-state index in [2.05, 4.69) is 25.1 Å². The van der Waals surface area contributed by atoms with Crippen LogP contribution in [0.5, 0.6) is 0 Å². The van der Waals surface area contributed by atoms with E-state index in [1.807, 2.05) is 0 Å². The maximum atomic E-state index is 12.0. The average molecular weight is 431 g/mol. The van der Waals surface area contributed by atoms with Crippen molar-refractivity contribution in [1.29, 1.82) is 0 Å². The van der Waals surface area contributed by atoms with Crippen molar-refractivity contribution in [3.8, 4) is 0 Å². The summed E-state index contributed by atoms with van der Waals surface area (Å²) >= 11 is 0. The van der Waals surface area contributed by atoms with Gasteiger partial charge in [0.2, 0.25) is 0 Å². The monoisotopic (exact) mass is 431 g/mol. The molecular formula is C18H29N3O9. The molecule has 170 valence electrons. The number of hydrogen-bond donors (Lipinski definition) is 2. The largest absolute Gasteiger partial charge is 0.508 e. The molecule has 1 rings (SSSR count). The van der Waals surface area contributed by atoms with E-state index < -0.39 is 41.7 Å². The van der Waals surface area contributed by atoms with Crippen molar-refractivity contribution in [2.45, 2.75) is 65.2 Å². The molecule has 0 saturated carbocycles. The Bertz CT molecular complexity index is 667. The van der Waals surface area contributed by atoms with Gasteiger partial charge in [-0.15, -0.1) is 0 Å². The molecule has 0 radical (unpaired) electrons. The molecule has 0 bridgehead atoms. The van der Waals surface area contributed by atoms with Gasteiger partial charge in [-0.2, -0.15) is 4.99 Å². The van der Waals surface area contributed by atoms with Crippen LogP contribution in [-0.2, 0) is 23.7 Å². The van der Waals surface area contributed by atoms with Gasteiger partial charge >= 0.3 is 24.4 Å². The molecular weight excluding hydrogens is 402 g/mol. The zero-order valence-electron chi connectivity index (χ0n) is 18.0. The molecule has 0 aromatic carbocycles. The second-order valence-corrected chi connectivity index (χ2v) is 8.26. The molecule has 0 spiro atoms. The highest BCUT2D eigenvalue weighted by Crippen LogP contribution is 2.09. The molecule has 0 atom stereocenters. The van der Waals surface area contributed by atoms with E-state index in [0.717, 1.165) is 0 Å². The van der Waals surface area contributed by atoms with Crippen LogP contribution in [0.25, 0.3) is 0 Å². The highest BCUT2D eigenvalue weighted by molar-refractivity contribution is 6.00. The van der Waals surface area contributed by atoms with Gasteiger partial charge in [-0.05, 0) is 41.5 Å². The van der Waals surface area contributed by atoms with Gasteiger partial charge in [0.15, 0.2) is 0 Å². The summed E-state index contributed by atoms with van der Waals surface area (Å²) in [4.78, 5) is 50.3. The molecule has 1 saturated heterocycles. The molecule has 12 heteroatoms. The summed E-state index contributed by atoms with van der Waals surface area (Å²) in [5.74, 6) is -0.0961.